The van der Waals surface area contributed by atoms with Gasteiger partial charge in [-0.1, -0.05) is 32.4 Å². The molecule has 0 saturated carbocycles. The molecule has 0 spiro atoms. The Bertz CT molecular complexity index is 578. The molecule has 3 N–H and O–H groups in total. The zero-order valence-corrected chi connectivity index (χ0v) is 14.0. The largest absolute Gasteiger partial charge is 0.326 e. The summed E-state index contributed by atoms with van der Waals surface area (Å²) in [4.78, 5) is 0.208. The van der Waals surface area contributed by atoms with Crippen LogP contribution in [0.15, 0.2) is 17.0 Å². The molecule has 4 nitrogen and oxygen atoms in total. The van der Waals surface area contributed by atoms with Crippen LogP contribution in [0.5, 0.6) is 0 Å². The predicted molar refractivity (Wildman–Crippen MR) is 83.3 cm³/mol. The molecule has 0 bridgehead atoms. The zero-order valence-electron chi connectivity index (χ0n) is 12.5. The Balaban J connectivity index is 3.01. The Hall–Kier alpha value is -0.620. The van der Waals surface area contributed by atoms with Crippen LogP contribution in [0.3, 0.4) is 0 Å². The Labute approximate surface area is 126 Å². The monoisotopic (exact) mass is 318 g/mol. The first-order valence-electron chi connectivity index (χ1n) is 6.55. The third-order valence-corrected chi connectivity index (χ3v) is 4.91. The van der Waals surface area contributed by atoms with Crippen LogP contribution in [0.25, 0.3) is 0 Å². The summed E-state index contributed by atoms with van der Waals surface area (Å²) >= 11 is 5.97. The van der Waals surface area contributed by atoms with E-state index in [1.165, 1.54) is 6.07 Å². The molecule has 20 heavy (non-hydrogen) atoms. The van der Waals surface area contributed by atoms with Crippen LogP contribution in [0.2, 0.25) is 5.02 Å². The summed E-state index contributed by atoms with van der Waals surface area (Å²) in [5, 5.41) is 0.382. The van der Waals surface area contributed by atoms with Gasteiger partial charge in [0.2, 0.25) is 10.0 Å². The second kappa shape index (κ2) is 6.43. The maximum Gasteiger partial charge on any atom is 0.240 e. The maximum atomic E-state index is 12.3. The highest BCUT2D eigenvalue weighted by atomic mass is 35.5. The molecule has 1 aromatic carbocycles. The highest BCUT2D eigenvalue weighted by Gasteiger charge is 2.20. The van der Waals surface area contributed by atoms with Crippen LogP contribution < -0.4 is 10.5 Å². The molecule has 0 aliphatic rings. The number of nitrogens with two attached hydrogens (primary N) is 1. The zero-order chi connectivity index (χ0) is 15.6. The lowest BCUT2D eigenvalue weighted by Crippen LogP contribution is -2.28. The van der Waals surface area contributed by atoms with Crippen LogP contribution in [0.4, 0.5) is 0 Å². The Morgan fingerprint density at radius 1 is 1.30 bits per heavy atom. The highest BCUT2D eigenvalue weighted by molar-refractivity contribution is 7.89. The molecule has 1 rings (SSSR count). The smallest absolute Gasteiger partial charge is 0.240 e. The topological polar surface area (TPSA) is 72.2 Å². The number of hydrogen-bond donors (Lipinski definition) is 2. The van der Waals surface area contributed by atoms with Crippen molar-refractivity contribution in [1.29, 1.82) is 0 Å². The van der Waals surface area contributed by atoms with Gasteiger partial charge in [0.25, 0.3) is 0 Å². The normalized spacial score (nSPS) is 12.7. The number of nitrogens with one attached hydrogen (secondary N) is 1. The minimum atomic E-state index is -3.56. The van der Waals surface area contributed by atoms with E-state index in [0.29, 0.717) is 17.1 Å². The van der Waals surface area contributed by atoms with Crippen molar-refractivity contribution >= 4 is 21.6 Å². The Morgan fingerprint density at radius 3 is 2.40 bits per heavy atom. The fraction of sp³-hybridized carbons (Fsp3) is 0.571. The maximum absolute atomic E-state index is 12.3. The van der Waals surface area contributed by atoms with Gasteiger partial charge in [0.15, 0.2) is 0 Å². The molecule has 0 aliphatic heterocycles. The number of benzene rings is 1. The van der Waals surface area contributed by atoms with Gasteiger partial charge in [-0.25, -0.2) is 13.1 Å². The molecule has 1 aromatic rings. The van der Waals surface area contributed by atoms with E-state index in [-0.39, 0.29) is 16.9 Å². The van der Waals surface area contributed by atoms with E-state index in [1.54, 1.807) is 13.0 Å². The van der Waals surface area contributed by atoms with Crippen molar-refractivity contribution in [3.63, 3.8) is 0 Å². The SMILES string of the molecule is Cc1c(CN)cc(Cl)cc1S(=O)(=O)NCCC(C)(C)C. The molecule has 0 atom stereocenters. The molecule has 6 heteroatoms. The van der Waals surface area contributed by atoms with Crippen LogP contribution in [-0.2, 0) is 16.6 Å². The third kappa shape index (κ3) is 4.74. The molecule has 0 radical (unpaired) electrons. The summed E-state index contributed by atoms with van der Waals surface area (Å²) in [5.74, 6) is 0. The van der Waals surface area contributed by atoms with Crippen molar-refractivity contribution in [3.05, 3.63) is 28.3 Å². The second-order valence-electron chi connectivity index (χ2n) is 6.10. The molecule has 0 aromatic heterocycles. The lowest BCUT2D eigenvalue weighted by atomic mass is 9.93. The molecule has 0 aliphatic carbocycles. The van der Waals surface area contributed by atoms with Crippen LogP contribution in [0.1, 0.15) is 38.3 Å². The van der Waals surface area contributed by atoms with Gasteiger partial charge < -0.3 is 5.73 Å². The van der Waals surface area contributed by atoms with Crippen molar-refractivity contribution < 1.29 is 8.42 Å². The Kier molecular flexibility index (Phi) is 5.61. The van der Waals surface area contributed by atoms with E-state index in [4.69, 9.17) is 17.3 Å². The summed E-state index contributed by atoms with van der Waals surface area (Å²) < 4.78 is 27.3. The van der Waals surface area contributed by atoms with Crippen molar-refractivity contribution in [1.82, 2.24) is 4.72 Å². The average molecular weight is 319 g/mol. The van der Waals surface area contributed by atoms with E-state index in [0.717, 1.165) is 12.0 Å². The minimum Gasteiger partial charge on any atom is -0.326 e. The predicted octanol–water partition coefficient (Wildman–Crippen LogP) is 2.82. The molecule has 0 amide bonds. The summed E-state index contributed by atoms with van der Waals surface area (Å²) in [6.07, 6.45) is 0.760. The average Bonchev–Trinajstić information content (AvgIpc) is 2.29. The first-order chi connectivity index (χ1) is 9.07. The van der Waals surface area contributed by atoms with Crippen molar-refractivity contribution in [2.24, 2.45) is 11.1 Å². The fourth-order valence-electron chi connectivity index (χ4n) is 1.84. The first-order valence-corrected chi connectivity index (χ1v) is 8.42. The van der Waals surface area contributed by atoms with Gasteiger partial charge in [0.05, 0.1) is 4.90 Å². The van der Waals surface area contributed by atoms with E-state index < -0.39 is 10.0 Å². The van der Waals surface area contributed by atoms with E-state index in [2.05, 4.69) is 25.5 Å². The van der Waals surface area contributed by atoms with Gasteiger partial charge in [-0.2, -0.15) is 0 Å². The van der Waals surface area contributed by atoms with Crippen molar-refractivity contribution in [2.75, 3.05) is 6.54 Å². The van der Waals surface area contributed by atoms with Crippen LogP contribution >= 0.6 is 11.6 Å². The lowest BCUT2D eigenvalue weighted by molar-refractivity contribution is 0.378. The number of sulfonamides is 1. The van der Waals surface area contributed by atoms with Crippen LogP contribution in [-0.4, -0.2) is 15.0 Å². The van der Waals surface area contributed by atoms with Crippen LogP contribution in [0, 0.1) is 12.3 Å². The molecule has 0 unspecified atom stereocenters. The first kappa shape index (κ1) is 17.4. The number of rotatable bonds is 5. The summed E-state index contributed by atoms with van der Waals surface area (Å²) in [5.41, 5.74) is 7.09. The van der Waals surface area contributed by atoms with Gasteiger partial charge in [-0.05, 0) is 42.0 Å². The third-order valence-electron chi connectivity index (χ3n) is 3.11. The number of hydrogen-bond acceptors (Lipinski definition) is 3. The molecule has 0 heterocycles. The molecular weight excluding hydrogens is 296 g/mol. The van der Waals surface area contributed by atoms with Gasteiger partial charge in [-0.15, -0.1) is 0 Å². The second-order valence-corrected chi connectivity index (χ2v) is 8.27. The summed E-state index contributed by atoms with van der Waals surface area (Å²) in [6, 6.07) is 3.17. The highest BCUT2D eigenvalue weighted by Crippen LogP contribution is 2.24. The molecular formula is C14H23ClN2O2S. The van der Waals surface area contributed by atoms with Gasteiger partial charge in [-0.3, -0.25) is 0 Å². The summed E-state index contributed by atoms with van der Waals surface area (Å²) in [7, 11) is -3.56. The summed E-state index contributed by atoms with van der Waals surface area (Å²) in [6.45, 7) is 8.61. The lowest BCUT2D eigenvalue weighted by Gasteiger charge is -2.19. The van der Waals surface area contributed by atoms with Gasteiger partial charge in [0.1, 0.15) is 0 Å². The van der Waals surface area contributed by atoms with Crippen molar-refractivity contribution in [2.45, 2.75) is 45.6 Å². The minimum absolute atomic E-state index is 0.0777. The standard InChI is InChI=1S/C14H23ClN2O2S/c1-10-11(9-16)7-12(15)8-13(10)20(18,19)17-6-5-14(2,3)4/h7-8,17H,5-6,9,16H2,1-4H3. The van der Waals surface area contributed by atoms with E-state index >= 15 is 0 Å². The van der Waals surface area contributed by atoms with Gasteiger partial charge >= 0.3 is 0 Å². The molecule has 0 saturated heterocycles. The Morgan fingerprint density at radius 2 is 1.90 bits per heavy atom. The molecule has 114 valence electrons. The van der Waals surface area contributed by atoms with Gasteiger partial charge in [0, 0.05) is 18.1 Å². The van der Waals surface area contributed by atoms with E-state index in [9.17, 15) is 8.42 Å². The van der Waals surface area contributed by atoms with E-state index in [1.807, 2.05) is 0 Å². The molecule has 0 fully saturated rings. The number of halogens is 1. The fourth-order valence-corrected chi connectivity index (χ4v) is 3.49. The quantitative estimate of drug-likeness (QED) is 0.877. The van der Waals surface area contributed by atoms with Crippen molar-refractivity contribution in [3.8, 4) is 0 Å².